The second kappa shape index (κ2) is 4.64. The van der Waals surface area contributed by atoms with Crippen LogP contribution in [0.25, 0.3) is 0 Å². The lowest BCUT2D eigenvalue weighted by atomic mass is 10.1. The van der Waals surface area contributed by atoms with Gasteiger partial charge in [0.05, 0.1) is 28.8 Å². The molecular weight excluding hydrogens is 325 g/mol. The second-order valence-electron chi connectivity index (χ2n) is 4.99. The van der Waals surface area contributed by atoms with Crippen molar-refractivity contribution in [1.29, 1.82) is 5.41 Å². The summed E-state index contributed by atoms with van der Waals surface area (Å²) in [5, 5.41) is 7.50. The van der Waals surface area contributed by atoms with E-state index in [1.54, 1.807) is 0 Å². The Bertz CT molecular complexity index is 703. The standard InChI is InChI=1S/C12H11F3N2O2S2/c13-12(14,15)7-3-1-2-4-8(7)17-9-5-21(18,19)6-10(9)20-11(17)16/h1-4,9-10,16H,5-6H2/t9-,10+/m1/s1. The molecule has 2 heterocycles. The SMILES string of the molecule is N=C1S[C@H]2CS(=O)(=O)C[C@H]2N1c1ccccc1C(F)(F)F. The molecule has 0 unspecified atom stereocenters. The molecule has 2 saturated heterocycles. The molecule has 2 aliphatic heterocycles. The number of nitrogens with one attached hydrogen (secondary N) is 1. The van der Waals surface area contributed by atoms with E-state index >= 15 is 0 Å². The highest BCUT2D eigenvalue weighted by atomic mass is 32.2. The number of halogens is 3. The van der Waals surface area contributed by atoms with E-state index in [-0.39, 0.29) is 27.6 Å². The third-order valence-electron chi connectivity index (χ3n) is 3.55. The van der Waals surface area contributed by atoms with Crippen LogP contribution in [-0.2, 0) is 16.0 Å². The lowest BCUT2D eigenvalue weighted by Crippen LogP contribution is -2.38. The predicted molar refractivity (Wildman–Crippen MR) is 75.5 cm³/mol. The van der Waals surface area contributed by atoms with E-state index in [1.165, 1.54) is 23.1 Å². The molecule has 0 radical (unpaired) electrons. The lowest BCUT2D eigenvalue weighted by Gasteiger charge is -2.26. The third kappa shape index (κ3) is 2.52. The van der Waals surface area contributed by atoms with Gasteiger partial charge in [0.15, 0.2) is 15.0 Å². The number of hydrogen-bond donors (Lipinski definition) is 1. The van der Waals surface area contributed by atoms with Crippen molar-refractivity contribution < 1.29 is 21.6 Å². The van der Waals surface area contributed by atoms with Gasteiger partial charge in [0.1, 0.15) is 0 Å². The third-order valence-corrected chi connectivity index (χ3v) is 6.69. The maximum Gasteiger partial charge on any atom is 0.418 e. The quantitative estimate of drug-likeness (QED) is 0.855. The maximum absolute atomic E-state index is 13.1. The van der Waals surface area contributed by atoms with Crippen LogP contribution < -0.4 is 4.90 Å². The monoisotopic (exact) mass is 336 g/mol. The molecule has 1 aromatic carbocycles. The van der Waals surface area contributed by atoms with Crippen molar-refractivity contribution in [2.24, 2.45) is 0 Å². The molecule has 0 bridgehead atoms. The van der Waals surface area contributed by atoms with Crippen molar-refractivity contribution >= 4 is 32.5 Å². The van der Waals surface area contributed by atoms with Gasteiger partial charge in [-0.2, -0.15) is 13.2 Å². The van der Waals surface area contributed by atoms with Crippen molar-refractivity contribution in [3.05, 3.63) is 29.8 Å². The summed E-state index contributed by atoms with van der Waals surface area (Å²) in [5.74, 6) is -0.297. The number of nitrogens with zero attached hydrogens (tertiary/aromatic N) is 1. The Kier molecular flexibility index (Phi) is 3.25. The number of rotatable bonds is 1. The zero-order valence-corrected chi connectivity index (χ0v) is 12.2. The number of anilines is 1. The van der Waals surface area contributed by atoms with Gasteiger partial charge >= 0.3 is 6.18 Å². The minimum absolute atomic E-state index is 0.0309. The van der Waals surface area contributed by atoms with Crippen molar-refractivity contribution in [2.75, 3.05) is 16.4 Å². The van der Waals surface area contributed by atoms with Crippen LogP contribution in [0, 0.1) is 5.41 Å². The summed E-state index contributed by atoms with van der Waals surface area (Å²) < 4.78 is 62.7. The van der Waals surface area contributed by atoms with Crippen LogP contribution in [-0.4, -0.2) is 36.4 Å². The Hall–Kier alpha value is -1.22. The van der Waals surface area contributed by atoms with E-state index in [0.717, 1.165) is 17.8 Å². The van der Waals surface area contributed by atoms with Crippen LogP contribution in [0.2, 0.25) is 0 Å². The summed E-state index contributed by atoms with van der Waals surface area (Å²) in [5.41, 5.74) is -0.993. The van der Waals surface area contributed by atoms with E-state index in [1.807, 2.05) is 0 Å². The number of thioether (sulfide) groups is 1. The fraction of sp³-hybridized carbons (Fsp3) is 0.417. The summed E-state index contributed by atoms with van der Waals surface area (Å²) in [4.78, 5) is 1.21. The number of alkyl halides is 3. The molecule has 0 saturated carbocycles. The average molecular weight is 336 g/mol. The minimum atomic E-state index is -4.54. The molecule has 0 aromatic heterocycles. The number of hydrogen-bond acceptors (Lipinski definition) is 4. The molecule has 4 nitrogen and oxygen atoms in total. The molecular formula is C12H11F3N2O2S2. The van der Waals surface area contributed by atoms with Crippen LogP contribution in [0.3, 0.4) is 0 Å². The van der Waals surface area contributed by atoms with Gasteiger partial charge in [-0.25, -0.2) is 8.42 Å². The first-order valence-electron chi connectivity index (χ1n) is 6.10. The van der Waals surface area contributed by atoms with Gasteiger partial charge in [-0.1, -0.05) is 23.9 Å². The molecule has 3 rings (SSSR count). The average Bonchev–Trinajstić information content (AvgIpc) is 2.78. The number of amidine groups is 1. The molecule has 0 amide bonds. The number of sulfone groups is 1. The first kappa shape index (κ1) is 14.7. The Labute approximate surface area is 123 Å². The van der Waals surface area contributed by atoms with Gasteiger partial charge in [0, 0.05) is 5.25 Å². The summed E-state index contributed by atoms with van der Waals surface area (Å²) in [6, 6.07) is 4.37. The lowest BCUT2D eigenvalue weighted by molar-refractivity contribution is -0.137. The predicted octanol–water partition coefficient (Wildman–Crippen LogP) is 2.36. The smallest absolute Gasteiger partial charge is 0.316 e. The van der Waals surface area contributed by atoms with E-state index in [9.17, 15) is 21.6 Å². The largest absolute Gasteiger partial charge is 0.418 e. The zero-order chi connectivity index (χ0) is 15.4. The zero-order valence-electron chi connectivity index (χ0n) is 10.6. The highest BCUT2D eigenvalue weighted by Crippen LogP contribution is 2.44. The Morgan fingerprint density at radius 2 is 1.90 bits per heavy atom. The van der Waals surface area contributed by atoms with E-state index < -0.39 is 27.6 Å². The van der Waals surface area contributed by atoms with Gasteiger partial charge in [-0.05, 0) is 12.1 Å². The Balaban J connectivity index is 2.07. The molecule has 9 heteroatoms. The number of para-hydroxylation sites is 1. The fourth-order valence-corrected chi connectivity index (χ4v) is 6.50. The maximum atomic E-state index is 13.1. The Morgan fingerprint density at radius 1 is 1.24 bits per heavy atom. The van der Waals surface area contributed by atoms with Crippen molar-refractivity contribution in [3.63, 3.8) is 0 Å². The van der Waals surface area contributed by atoms with Crippen LogP contribution >= 0.6 is 11.8 Å². The molecule has 2 fully saturated rings. The van der Waals surface area contributed by atoms with Crippen molar-refractivity contribution in [2.45, 2.75) is 17.5 Å². The Morgan fingerprint density at radius 3 is 2.57 bits per heavy atom. The highest BCUT2D eigenvalue weighted by Gasteiger charge is 2.50. The van der Waals surface area contributed by atoms with Crippen LogP contribution in [0.5, 0.6) is 0 Å². The summed E-state index contributed by atoms with van der Waals surface area (Å²) in [6.07, 6.45) is -4.54. The van der Waals surface area contributed by atoms with Gasteiger partial charge in [0.25, 0.3) is 0 Å². The van der Waals surface area contributed by atoms with Gasteiger partial charge < -0.3 is 4.90 Å². The van der Waals surface area contributed by atoms with E-state index in [2.05, 4.69) is 0 Å². The van der Waals surface area contributed by atoms with Crippen LogP contribution in [0.15, 0.2) is 24.3 Å². The first-order chi connectivity index (χ1) is 9.69. The number of fused-ring (bicyclic) bond motifs is 1. The highest BCUT2D eigenvalue weighted by molar-refractivity contribution is 8.15. The van der Waals surface area contributed by atoms with E-state index in [4.69, 9.17) is 5.41 Å². The van der Waals surface area contributed by atoms with Crippen molar-refractivity contribution in [3.8, 4) is 0 Å². The number of benzene rings is 1. The molecule has 0 aliphatic carbocycles. The second-order valence-corrected chi connectivity index (χ2v) is 8.37. The summed E-state index contributed by atoms with van der Waals surface area (Å²) in [6.45, 7) is 0. The fourth-order valence-electron chi connectivity index (χ4n) is 2.71. The van der Waals surface area contributed by atoms with Gasteiger partial charge in [0.2, 0.25) is 0 Å². The van der Waals surface area contributed by atoms with Gasteiger partial charge in [-0.3, -0.25) is 5.41 Å². The van der Waals surface area contributed by atoms with Crippen LogP contribution in [0.4, 0.5) is 18.9 Å². The van der Waals surface area contributed by atoms with Crippen LogP contribution in [0.1, 0.15) is 5.56 Å². The van der Waals surface area contributed by atoms with Crippen molar-refractivity contribution in [1.82, 2.24) is 0 Å². The minimum Gasteiger partial charge on any atom is -0.316 e. The summed E-state index contributed by atoms with van der Waals surface area (Å²) >= 11 is 1.02. The molecule has 1 N–H and O–H groups in total. The normalized spacial score (nSPS) is 28.0. The molecule has 114 valence electrons. The van der Waals surface area contributed by atoms with Gasteiger partial charge in [-0.15, -0.1) is 0 Å². The summed E-state index contributed by atoms with van der Waals surface area (Å²) in [7, 11) is -3.26. The molecule has 2 aliphatic rings. The molecule has 2 atom stereocenters. The molecule has 0 spiro atoms. The molecule has 21 heavy (non-hydrogen) atoms. The first-order valence-corrected chi connectivity index (χ1v) is 8.80. The topological polar surface area (TPSA) is 61.2 Å². The van der Waals surface area contributed by atoms with E-state index in [0.29, 0.717) is 0 Å². The molecule has 1 aromatic rings.